The minimum absolute atomic E-state index is 0.0694. The molecule has 1 fully saturated rings. The Labute approximate surface area is 244 Å². The molecule has 0 bridgehead atoms. The summed E-state index contributed by atoms with van der Waals surface area (Å²) in [6.07, 6.45) is 5.34. The predicted molar refractivity (Wildman–Crippen MR) is 166 cm³/mol. The van der Waals surface area contributed by atoms with Gasteiger partial charge in [-0.3, -0.25) is 14.6 Å². The van der Waals surface area contributed by atoms with E-state index in [9.17, 15) is 9.59 Å². The average Bonchev–Trinajstić information content (AvgIpc) is 3.02. The zero-order valence-corrected chi connectivity index (χ0v) is 24.4. The second kappa shape index (κ2) is 13.1. The second-order valence-electron chi connectivity index (χ2n) is 10.2. The van der Waals surface area contributed by atoms with Gasteiger partial charge in [0.25, 0.3) is 11.8 Å². The van der Waals surface area contributed by atoms with Crippen molar-refractivity contribution in [1.82, 2.24) is 30.1 Å². The fourth-order valence-corrected chi connectivity index (χ4v) is 5.84. The molecule has 9 nitrogen and oxygen atoms in total. The van der Waals surface area contributed by atoms with Crippen molar-refractivity contribution in [2.24, 2.45) is 0 Å². The molecule has 0 saturated carbocycles. The van der Waals surface area contributed by atoms with E-state index in [-0.39, 0.29) is 17.7 Å². The third-order valence-corrected chi connectivity index (χ3v) is 8.23. The lowest BCUT2D eigenvalue weighted by molar-refractivity contribution is 0.0664. The molecule has 2 aromatic carbocycles. The van der Waals surface area contributed by atoms with E-state index in [1.165, 1.54) is 0 Å². The number of para-hydroxylation sites is 1. The Balaban J connectivity index is 1.31. The van der Waals surface area contributed by atoms with Crippen LogP contribution in [0.2, 0.25) is 0 Å². The van der Waals surface area contributed by atoms with Gasteiger partial charge < -0.3 is 20.4 Å². The number of carbonyl (C=O) groups is 2. The molecule has 1 saturated heterocycles. The quantitative estimate of drug-likeness (QED) is 0.312. The first-order valence-electron chi connectivity index (χ1n) is 13.7. The Hall–Kier alpha value is -4.02. The van der Waals surface area contributed by atoms with Crippen LogP contribution in [0.15, 0.2) is 67.1 Å². The maximum atomic E-state index is 12.9. The Morgan fingerprint density at radius 1 is 1.00 bits per heavy atom. The fraction of sp³-hybridized carbons (Fsp3) is 0.323. The first-order valence-corrected chi connectivity index (χ1v) is 15.1. The lowest BCUT2D eigenvalue weighted by Crippen LogP contribution is -2.47. The highest BCUT2D eigenvalue weighted by Gasteiger charge is 2.21. The molecule has 4 aromatic rings. The lowest BCUT2D eigenvalue weighted by atomic mass is 9.95. The summed E-state index contributed by atoms with van der Waals surface area (Å²) in [6, 6.07) is 17.3. The number of nitrogens with zero attached hydrogens (tertiary/aromatic N) is 5. The summed E-state index contributed by atoms with van der Waals surface area (Å²) < 4.78 is 0. The topological polar surface area (TPSA) is 103 Å². The highest BCUT2D eigenvalue weighted by Crippen LogP contribution is 2.29. The van der Waals surface area contributed by atoms with Gasteiger partial charge in [0.15, 0.2) is 0 Å². The van der Waals surface area contributed by atoms with Gasteiger partial charge in [-0.2, -0.15) is 11.8 Å². The molecule has 5 rings (SSSR count). The minimum Gasteiger partial charge on any atom is -0.369 e. The number of fused-ring (bicyclic) bond motifs is 1. The molecule has 2 N–H and O–H groups in total. The number of benzene rings is 2. The van der Waals surface area contributed by atoms with Gasteiger partial charge in [-0.1, -0.05) is 30.3 Å². The van der Waals surface area contributed by atoms with Gasteiger partial charge in [-0.15, -0.1) is 0 Å². The molecule has 212 valence electrons. The maximum Gasteiger partial charge on any atom is 0.253 e. The Morgan fingerprint density at radius 2 is 1.78 bits per heavy atom. The lowest BCUT2D eigenvalue weighted by Gasteiger charge is -2.32. The fourth-order valence-electron chi connectivity index (χ4n) is 5.14. The van der Waals surface area contributed by atoms with Gasteiger partial charge in [-0.05, 0) is 37.1 Å². The zero-order valence-electron chi connectivity index (χ0n) is 23.6. The van der Waals surface area contributed by atoms with Gasteiger partial charge in [-0.25, -0.2) is 9.97 Å². The van der Waals surface area contributed by atoms with Gasteiger partial charge >= 0.3 is 0 Å². The van der Waals surface area contributed by atoms with Crippen LogP contribution in [0.5, 0.6) is 0 Å². The molecular weight excluding hydrogens is 534 g/mol. The molecule has 0 spiro atoms. The van der Waals surface area contributed by atoms with Crippen LogP contribution in [-0.2, 0) is 0 Å². The largest absolute Gasteiger partial charge is 0.369 e. The van der Waals surface area contributed by atoms with Crippen LogP contribution in [0, 0.1) is 0 Å². The van der Waals surface area contributed by atoms with Gasteiger partial charge in [0, 0.05) is 80.2 Å². The number of carbonyl (C=O) groups excluding carboxylic acids is 2. The Bertz CT molecular complexity index is 1520. The highest BCUT2D eigenvalue weighted by molar-refractivity contribution is 7.98. The van der Waals surface area contributed by atoms with E-state index in [2.05, 4.69) is 49.9 Å². The van der Waals surface area contributed by atoms with Crippen molar-refractivity contribution < 1.29 is 9.59 Å². The molecule has 1 aliphatic heterocycles. The Morgan fingerprint density at radius 3 is 2.51 bits per heavy atom. The van der Waals surface area contributed by atoms with Gasteiger partial charge in [0.2, 0.25) is 0 Å². The number of aromatic nitrogens is 3. The first kappa shape index (κ1) is 28.5. The summed E-state index contributed by atoms with van der Waals surface area (Å²) in [6.45, 7) is 3.93. The molecule has 1 aliphatic rings. The van der Waals surface area contributed by atoms with Crippen molar-refractivity contribution in [3.63, 3.8) is 0 Å². The van der Waals surface area contributed by atoms with Crippen molar-refractivity contribution in [3.8, 4) is 11.3 Å². The number of nitrogens with one attached hydrogen (secondary N) is 2. The number of piperazine rings is 1. The maximum absolute atomic E-state index is 12.9. The molecule has 1 atom stereocenters. The summed E-state index contributed by atoms with van der Waals surface area (Å²) in [4.78, 5) is 43.1. The summed E-state index contributed by atoms with van der Waals surface area (Å²) in [7, 11) is 3.71. The monoisotopic (exact) mass is 569 g/mol. The van der Waals surface area contributed by atoms with E-state index in [1.54, 1.807) is 37.4 Å². The summed E-state index contributed by atoms with van der Waals surface area (Å²) in [5.74, 6) is 1.68. The standard InChI is InChI=1S/C31H35N7O2S/c1-32-30(39)26-11-12-33-29-24(5-4-6-25(26)29)23(19-41-3)18-34-28-17-27(35-20-36-28)21-7-9-22(10-8-21)31(40)38-15-13-37(2)14-16-38/h4-12,17,20,23H,13-16,18-19H2,1-3H3,(H,32,39)(H,34,35,36). The van der Waals surface area contributed by atoms with Crippen LogP contribution >= 0.6 is 11.8 Å². The van der Waals surface area contributed by atoms with Crippen molar-refractivity contribution in [1.29, 1.82) is 0 Å². The van der Waals surface area contributed by atoms with Crippen LogP contribution in [0.1, 0.15) is 32.2 Å². The van der Waals surface area contributed by atoms with E-state index in [1.807, 2.05) is 47.4 Å². The number of hydrogen-bond donors (Lipinski definition) is 2. The van der Waals surface area contributed by atoms with Crippen LogP contribution in [0.3, 0.4) is 0 Å². The smallest absolute Gasteiger partial charge is 0.253 e. The molecule has 0 radical (unpaired) electrons. The number of thioether (sulfide) groups is 1. The first-order chi connectivity index (χ1) is 20.0. The van der Waals surface area contributed by atoms with E-state index >= 15 is 0 Å². The van der Waals surface area contributed by atoms with Crippen LogP contribution in [-0.4, -0.2) is 95.4 Å². The van der Waals surface area contributed by atoms with E-state index in [4.69, 9.17) is 0 Å². The SMILES string of the molecule is CNC(=O)c1ccnc2c(C(CNc3cc(-c4ccc(C(=O)N5CCN(C)CC5)cc4)ncn3)CSC)cccc12. The molecule has 0 aliphatic carbocycles. The molecule has 2 aromatic heterocycles. The number of hydrogen-bond acceptors (Lipinski definition) is 8. The zero-order chi connectivity index (χ0) is 28.8. The van der Waals surface area contributed by atoms with E-state index < -0.39 is 0 Å². The second-order valence-corrected chi connectivity index (χ2v) is 11.1. The number of anilines is 1. The van der Waals surface area contributed by atoms with Crippen molar-refractivity contribution >= 4 is 40.3 Å². The molecule has 10 heteroatoms. The average molecular weight is 570 g/mol. The van der Waals surface area contributed by atoms with Crippen molar-refractivity contribution in [2.75, 3.05) is 64.1 Å². The molecule has 2 amide bonds. The summed E-state index contributed by atoms with van der Waals surface area (Å²) in [5, 5.41) is 7.05. The molecule has 41 heavy (non-hydrogen) atoms. The Kier molecular flexibility index (Phi) is 9.11. The van der Waals surface area contributed by atoms with E-state index in [0.29, 0.717) is 17.7 Å². The number of rotatable bonds is 9. The minimum atomic E-state index is -0.126. The normalized spacial score (nSPS) is 14.6. The van der Waals surface area contributed by atoms with Crippen LogP contribution in [0.25, 0.3) is 22.2 Å². The third-order valence-electron chi connectivity index (χ3n) is 7.50. The number of amides is 2. The molecular formula is C31H35N7O2S. The van der Waals surface area contributed by atoms with E-state index in [0.717, 1.165) is 65.5 Å². The van der Waals surface area contributed by atoms with Crippen LogP contribution < -0.4 is 10.6 Å². The van der Waals surface area contributed by atoms with Gasteiger partial charge in [0.1, 0.15) is 12.1 Å². The predicted octanol–water partition coefficient (Wildman–Crippen LogP) is 4.00. The molecule has 3 heterocycles. The van der Waals surface area contributed by atoms with Crippen molar-refractivity contribution in [3.05, 3.63) is 83.8 Å². The number of likely N-dealkylation sites (N-methyl/N-ethyl adjacent to an activating group) is 1. The summed E-state index contributed by atoms with van der Waals surface area (Å²) >= 11 is 1.76. The molecule has 1 unspecified atom stereocenters. The van der Waals surface area contributed by atoms with Crippen LogP contribution in [0.4, 0.5) is 5.82 Å². The van der Waals surface area contributed by atoms with Gasteiger partial charge in [0.05, 0.1) is 16.8 Å². The summed E-state index contributed by atoms with van der Waals surface area (Å²) in [5.41, 5.74) is 4.94. The van der Waals surface area contributed by atoms with Crippen molar-refractivity contribution in [2.45, 2.75) is 5.92 Å². The highest BCUT2D eigenvalue weighted by atomic mass is 32.2. The third kappa shape index (κ3) is 6.49. The number of pyridine rings is 1.